The average Bonchev–Trinajstić information content (AvgIpc) is 3.25. The number of benzene rings is 2. The number of likely N-dealkylation sites (tertiary alicyclic amines) is 1. The molecule has 1 aliphatic heterocycles. The van der Waals surface area contributed by atoms with Gasteiger partial charge in [0, 0.05) is 18.4 Å². The van der Waals surface area contributed by atoms with Crippen LogP contribution in [0, 0.1) is 11.7 Å². The van der Waals surface area contributed by atoms with E-state index in [9.17, 15) is 0 Å². The molecule has 3 aromatic rings. The van der Waals surface area contributed by atoms with E-state index in [-0.39, 0.29) is 0 Å². The SMILES string of the molecule is Cc1cccc(-n2c(-c3ccccc3)nn(C[NH+]3CCCC3)c2=S)c1. The van der Waals surface area contributed by atoms with E-state index >= 15 is 0 Å². The first-order chi connectivity index (χ1) is 12.2. The summed E-state index contributed by atoms with van der Waals surface area (Å²) in [5, 5.41) is 4.90. The van der Waals surface area contributed by atoms with E-state index in [1.807, 2.05) is 22.9 Å². The van der Waals surface area contributed by atoms with Crippen LogP contribution in [0.2, 0.25) is 0 Å². The second kappa shape index (κ2) is 6.94. The van der Waals surface area contributed by atoms with Crippen LogP contribution in [0.3, 0.4) is 0 Å². The molecular weight excluding hydrogens is 328 g/mol. The van der Waals surface area contributed by atoms with Crippen molar-refractivity contribution in [3.05, 3.63) is 64.9 Å². The number of hydrogen-bond donors (Lipinski definition) is 1. The highest BCUT2D eigenvalue weighted by atomic mass is 32.1. The maximum absolute atomic E-state index is 5.82. The Kier molecular flexibility index (Phi) is 4.51. The van der Waals surface area contributed by atoms with Crippen LogP contribution in [-0.2, 0) is 6.67 Å². The lowest BCUT2D eigenvalue weighted by molar-refractivity contribution is -0.911. The quantitative estimate of drug-likeness (QED) is 0.732. The standard InChI is InChI=1S/C20H22N4S/c1-16-8-7-11-18(14-16)24-19(17-9-3-2-4-10-17)21-23(20(24)25)15-22-12-5-6-13-22/h2-4,7-11,14H,5-6,12-13,15H2,1H3/p+1. The Bertz CT molecular complexity index is 920. The van der Waals surface area contributed by atoms with E-state index in [1.54, 1.807) is 4.90 Å². The zero-order valence-electron chi connectivity index (χ0n) is 14.5. The zero-order valence-corrected chi connectivity index (χ0v) is 15.3. The third-order valence-electron chi connectivity index (χ3n) is 4.82. The average molecular weight is 351 g/mol. The normalized spacial score (nSPS) is 14.9. The largest absolute Gasteiger partial charge is 0.316 e. The number of hydrogen-bond acceptors (Lipinski definition) is 2. The molecule has 5 heteroatoms. The van der Waals surface area contributed by atoms with Gasteiger partial charge in [-0.25, -0.2) is 0 Å². The van der Waals surface area contributed by atoms with Crippen molar-refractivity contribution in [2.45, 2.75) is 26.4 Å². The van der Waals surface area contributed by atoms with Crippen molar-refractivity contribution < 1.29 is 4.90 Å². The van der Waals surface area contributed by atoms with Gasteiger partial charge in [0.2, 0.25) is 4.77 Å². The lowest BCUT2D eigenvalue weighted by Gasteiger charge is -2.11. The summed E-state index contributed by atoms with van der Waals surface area (Å²) in [4.78, 5) is 1.56. The first-order valence-electron chi connectivity index (χ1n) is 8.88. The number of nitrogens with one attached hydrogen (secondary N) is 1. The van der Waals surface area contributed by atoms with Crippen molar-refractivity contribution in [3.8, 4) is 17.1 Å². The van der Waals surface area contributed by atoms with Crippen LogP contribution in [0.4, 0.5) is 0 Å². The van der Waals surface area contributed by atoms with Crippen LogP contribution in [-0.4, -0.2) is 27.4 Å². The molecule has 4 nitrogen and oxygen atoms in total. The topological polar surface area (TPSA) is 27.2 Å². The van der Waals surface area contributed by atoms with Gasteiger partial charge in [-0.05, 0) is 36.8 Å². The van der Waals surface area contributed by atoms with Crippen molar-refractivity contribution in [1.82, 2.24) is 14.3 Å². The molecule has 0 amide bonds. The molecule has 0 atom stereocenters. The van der Waals surface area contributed by atoms with Crippen LogP contribution in [0.15, 0.2) is 54.6 Å². The molecule has 0 radical (unpaired) electrons. The van der Waals surface area contributed by atoms with Gasteiger partial charge in [0.1, 0.15) is 0 Å². The molecule has 0 bridgehead atoms. The zero-order chi connectivity index (χ0) is 17.2. The first-order valence-corrected chi connectivity index (χ1v) is 9.29. The third kappa shape index (κ3) is 3.30. The monoisotopic (exact) mass is 351 g/mol. The molecule has 2 heterocycles. The van der Waals surface area contributed by atoms with Crippen molar-refractivity contribution in [2.75, 3.05) is 13.1 Å². The van der Waals surface area contributed by atoms with Gasteiger partial charge in [-0.1, -0.05) is 42.5 Å². The highest BCUT2D eigenvalue weighted by Gasteiger charge is 2.20. The molecule has 1 aliphatic rings. The Labute approximate surface area is 153 Å². The van der Waals surface area contributed by atoms with Crippen molar-refractivity contribution in [3.63, 3.8) is 0 Å². The highest BCUT2D eigenvalue weighted by Crippen LogP contribution is 2.22. The molecule has 0 spiro atoms. The summed E-state index contributed by atoms with van der Waals surface area (Å²) >= 11 is 5.82. The van der Waals surface area contributed by atoms with E-state index in [2.05, 4.69) is 47.9 Å². The molecule has 25 heavy (non-hydrogen) atoms. The minimum absolute atomic E-state index is 0.767. The Morgan fingerprint density at radius 3 is 2.52 bits per heavy atom. The highest BCUT2D eigenvalue weighted by molar-refractivity contribution is 7.71. The third-order valence-corrected chi connectivity index (χ3v) is 5.21. The van der Waals surface area contributed by atoms with Crippen molar-refractivity contribution in [2.24, 2.45) is 0 Å². The number of rotatable bonds is 4. The van der Waals surface area contributed by atoms with E-state index in [0.717, 1.165) is 28.5 Å². The van der Waals surface area contributed by atoms with Gasteiger partial charge >= 0.3 is 0 Å². The molecule has 4 rings (SSSR count). The fraction of sp³-hybridized carbons (Fsp3) is 0.300. The Morgan fingerprint density at radius 2 is 1.80 bits per heavy atom. The van der Waals surface area contributed by atoms with Gasteiger partial charge < -0.3 is 4.90 Å². The Balaban J connectivity index is 1.85. The van der Waals surface area contributed by atoms with Gasteiger partial charge in [-0.3, -0.25) is 4.57 Å². The van der Waals surface area contributed by atoms with E-state index in [4.69, 9.17) is 17.3 Å². The summed E-state index contributed by atoms with van der Waals surface area (Å²) < 4.78 is 4.87. The number of aromatic nitrogens is 3. The molecule has 0 aliphatic carbocycles. The minimum Gasteiger partial charge on any atom is -0.316 e. The molecule has 1 aromatic heterocycles. The van der Waals surface area contributed by atoms with Crippen LogP contribution >= 0.6 is 12.2 Å². The molecule has 1 N–H and O–H groups in total. The minimum atomic E-state index is 0.767. The van der Waals surface area contributed by atoms with E-state index in [1.165, 1.54) is 31.5 Å². The number of nitrogens with zero attached hydrogens (tertiary/aromatic N) is 3. The molecule has 128 valence electrons. The van der Waals surface area contributed by atoms with Crippen LogP contribution < -0.4 is 4.90 Å². The van der Waals surface area contributed by atoms with Gasteiger partial charge in [-0.2, -0.15) is 4.68 Å². The second-order valence-corrected chi connectivity index (χ2v) is 7.13. The maximum atomic E-state index is 5.82. The second-order valence-electron chi connectivity index (χ2n) is 6.76. The fourth-order valence-corrected chi connectivity index (χ4v) is 3.83. The predicted octanol–water partition coefficient (Wildman–Crippen LogP) is 3.01. The maximum Gasteiger partial charge on any atom is 0.207 e. The summed E-state index contributed by atoms with van der Waals surface area (Å²) in [5.41, 5.74) is 3.38. The van der Waals surface area contributed by atoms with Gasteiger partial charge in [-0.15, -0.1) is 5.10 Å². The van der Waals surface area contributed by atoms with Crippen LogP contribution in [0.5, 0.6) is 0 Å². The Morgan fingerprint density at radius 1 is 1.04 bits per heavy atom. The first kappa shape index (κ1) is 16.2. The molecular formula is C20H23N4S+. The van der Waals surface area contributed by atoms with E-state index < -0.39 is 0 Å². The number of aryl methyl sites for hydroxylation is 1. The van der Waals surface area contributed by atoms with Crippen molar-refractivity contribution >= 4 is 12.2 Å². The summed E-state index contributed by atoms with van der Waals surface area (Å²) in [6.07, 6.45) is 2.60. The summed E-state index contributed by atoms with van der Waals surface area (Å²) in [6.45, 7) is 5.37. The van der Waals surface area contributed by atoms with E-state index in [0.29, 0.717) is 0 Å². The molecule has 2 aromatic carbocycles. The molecule has 0 unspecified atom stereocenters. The predicted molar refractivity (Wildman–Crippen MR) is 102 cm³/mol. The van der Waals surface area contributed by atoms with Crippen LogP contribution in [0.25, 0.3) is 17.1 Å². The lowest BCUT2D eigenvalue weighted by Crippen LogP contribution is -3.09. The fourth-order valence-electron chi connectivity index (χ4n) is 3.53. The summed E-state index contributed by atoms with van der Waals surface area (Å²) in [6, 6.07) is 18.8. The van der Waals surface area contributed by atoms with Crippen LogP contribution in [0.1, 0.15) is 18.4 Å². The van der Waals surface area contributed by atoms with Gasteiger partial charge in [0.15, 0.2) is 12.5 Å². The summed E-state index contributed by atoms with van der Waals surface area (Å²) in [5.74, 6) is 0.912. The summed E-state index contributed by atoms with van der Waals surface area (Å²) in [7, 11) is 0. The molecule has 0 saturated carbocycles. The van der Waals surface area contributed by atoms with Gasteiger partial charge in [0.05, 0.1) is 18.8 Å². The van der Waals surface area contributed by atoms with Gasteiger partial charge in [0.25, 0.3) is 0 Å². The number of quaternary nitrogens is 1. The Hall–Kier alpha value is -2.24. The lowest BCUT2D eigenvalue weighted by atomic mass is 10.2. The molecule has 1 saturated heterocycles. The van der Waals surface area contributed by atoms with Crippen molar-refractivity contribution in [1.29, 1.82) is 0 Å². The molecule has 1 fully saturated rings. The smallest absolute Gasteiger partial charge is 0.207 e.